The molecule has 2 rings (SSSR count). The van der Waals surface area contributed by atoms with Crippen molar-refractivity contribution in [2.75, 3.05) is 32.7 Å². The van der Waals surface area contributed by atoms with Crippen LogP contribution in [-0.4, -0.2) is 60.1 Å². The minimum absolute atomic E-state index is 0.105. The first-order valence-corrected chi connectivity index (χ1v) is 8.10. The summed E-state index contributed by atoms with van der Waals surface area (Å²) in [5.74, 6) is -0.0638. The first kappa shape index (κ1) is 18.0. The van der Waals surface area contributed by atoms with E-state index in [4.69, 9.17) is 4.74 Å². The highest BCUT2D eigenvalue weighted by Crippen LogP contribution is 2.21. The van der Waals surface area contributed by atoms with Crippen molar-refractivity contribution in [3.63, 3.8) is 0 Å². The molecule has 0 spiro atoms. The second-order valence-corrected chi connectivity index (χ2v) is 6.18. The third kappa shape index (κ3) is 4.37. The van der Waals surface area contributed by atoms with E-state index in [1.807, 2.05) is 6.92 Å². The monoisotopic (exact) mass is 337 g/mol. The molecule has 1 aliphatic rings. The van der Waals surface area contributed by atoms with E-state index in [9.17, 15) is 14.0 Å². The third-order valence-corrected chi connectivity index (χ3v) is 3.88. The molecule has 0 bridgehead atoms. The summed E-state index contributed by atoms with van der Waals surface area (Å²) < 4.78 is 18.7. The molecule has 1 aromatic carbocycles. The van der Waals surface area contributed by atoms with E-state index in [1.54, 1.807) is 23.6 Å². The summed E-state index contributed by atoms with van der Waals surface area (Å²) in [4.78, 5) is 27.9. The topological polar surface area (TPSA) is 61.9 Å². The Balaban J connectivity index is 1.93. The fraction of sp³-hybridized carbons (Fsp3) is 0.529. The van der Waals surface area contributed by atoms with Crippen molar-refractivity contribution >= 4 is 11.9 Å². The molecule has 1 saturated heterocycles. The van der Waals surface area contributed by atoms with E-state index >= 15 is 0 Å². The van der Waals surface area contributed by atoms with Crippen molar-refractivity contribution in [3.8, 4) is 5.75 Å². The molecule has 0 atom stereocenters. The van der Waals surface area contributed by atoms with E-state index in [0.717, 1.165) is 0 Å². The van der Waals surface area contributed by atoms with Crippen LogP contribution in [0.5, 0.6) is 5.75 Å². The Morgan fingerprint density at radius 3 is 2.21 bits per heavy atom. The van der Waals surface area contributed by atoms with Gasteiger partial charge >= 0.3 is 6.03 Å². The maximum Gasteiger partial charge on any atom is 0.317 e. The Hall–Kier alpha value is -2.31. The van der Waals surface area contributed by atoms with Crippen LogP contribution >= 0.6 is 0 Å². The highest BCUT2D eigenvalue weighted by Gasteiger charge is 2.36. The maximum absolute atomic E-state index is 13.0. The minimum atomic E-state index is -1.06. The molecule has 0 saturated carbocycles. The van der Waals surface area contributed by atoms with Gasteiger partial charge in [-0.3, -0.25) is 4.79 Å². The van der Waals surface area contributed by atoms with Crippen molar-refractivity contribution in [2.24, 2.45) is 0 Å². The van der Waals surface area contributed by atoms with Crippen molar-refractivity contribution < 1.29 is 18.7 Å². The number of amides is 3. The lowest BCUT2D eigenvalue weighted by molar-refractivity contribution is -0.146. The largest absolute Gasteiger partial charge is 0.478 e. The van der Waals surface area contributed by atoms with Crippen molar-refractivity contribution in [1.29, 1.82) is 0 Å². The maximum atomic E-state index is 13.0. The summed E-state index contributed by atoms with van der Waals surface area (Å²) in [5.41, 5.74) is -1.06. The minimum Gasteiger partial charge on any atom is -0.478 e. The van der Waals surface area contributed by atoms with Crippen LogP contribution in [0.1, 0.15) is 20.8 Å². The number of nitrogens with zero attached hydrogens (tertiary/aromatic N) is 2. The van der Waals surface area contributed by atoms with Crippen LogP contribution in [0.15, 0.2) is 24.3 Å². The van der Waals surface area contributed by atoms with Gasteiger partial charge in [0.25, 0.3) is 5.91 Å². The van der Waals surface area contributed by atoms with Gasteiger partial charge in [0, 0.05) is 32.7 Å². The number of carbonyl (C=O) groups is 2. The van der Waals surface area contributed by atoms with E-state index in [1.165, 1.54) is 24.3 Å². The standard InChI is InChI=1S/C17H24FN3O3/c1-4-19-16(23)21-11-9-20(10-12-21)15(22)17(2,3)24-14-7-5-13(18)6-8-14/h5-8H,4,9-12H2,1-3H3,(H,19,23). The SMILES string of the molecule is CCNC(=O)N1CCN(C(=O)C(C)(C)Oc2ccc(F)cc2)CC1. The summed E-state index contributed by atoms with van der Waals surface area (Å²) in [6, 6.07) is 5.47. The zero-order valence-corrected chi connectivity index (χ0v) is 14.3. The van der Waals surface area contributed by atoms with E-state index in [-0.39, 0.29) is 17.8 Å². The molecule has 1 fully saturated rings. The third-order valence-electron chi connectivity index (χ3n) is 3.88. The molecule has 3 amide bonds. The Labute approximate surface area is 141 Å². The molecule has 1 aliphatic heterocycles. The van der Waals surface area contributed by atoms with Crippen LogP contribution < -0.4 is 10.1 Å². The van der Waals surface area contributed by atoms with Gasteiger partial charge in [-0.05, 0) is 45.0 Å². The Kier molecular flexibility index (Phi) is 5.64. The lowest BCUT2D eigenvalue weighted by atomic mass is 10.1. The fourth-order valence-electron chi connectivity index (χ4n) is 2.60. The van der Waals surface area contributed by atoms with E-state index in [2.05, 4.69) is 5.32 Å². The summed E-state index contributed by atoms with van der Waals surface area (Å²) in [6.07, 6.45) is 0. The van der Waals surface area contributed by atoms with Gasteiger partial charge < -0.3 is 19.9 Å². The molecule has 1 aromatic rings. The molecule has 0 aliphatic carbocycles. The predicted molar refractivity (Wildman–Crippen MR) is 88.3 cm³/mol. The van der Waals surface area contributed by atoms with Gasteiger partial charge in [0.15, 0.2) is 5.60 Å². The second kappa shape index (κ2) is 7.51. The van der Waals surface area contributed by atoms with Gasteiger partial charge in [0.05, 0.1) is 0 Å². The molecule has 1 heterocycles. The summed E-state index contributed by atoms with van der Waals surface area (Å²) >= 11 is 0. The van der Waals surface area contributed by atoms with Crippen LogP contribution in [0.2, 0.25) is 0 Å². The van der Waals surface area contributed by atoms with Crippen LogP contribution in [-0.2, 0) is 4.79 Å². The number of hydrogen-bond acceptors (Lipinski definition) is 3. The molecule has 24 heavy (non-hydrogen) atoms. The first-order chi connectivity index (χ1) is 11.3. The molecule has 7 heteroatoms. The summed E-state index contributed by atoms with van der Waals surface area (Å²) in [7, 11) is 0. The number of nitrogens with one attached hydrogen (secondary N) is 1. The van der Waals surface area contributed by atoms with Crippen LogP contribution in [0.4, 0.5) is 9.18 Å². The Bertz CT molecular complexity index is 581. The number of urea groups is 1. The molecule has 132 valence electrons. The van der Waals surface area contributed by atoms with Gasteiger partial charge in [-0.2, -0.15) is 0 Å². The predicted octanol–water partition coefficient (Wildman–Crippen LogP) is 1.86. The van der Waals surface area contributed by atoms with Crippen LogP contribution in [0, 0.1) is 5.82 Å². The van der Waals surface area contributed by atoms with Gasteiger partial charge in [0.2, 0.25) is 0 Å². The number of hydrogen-bond donors (Lipinski definition) is 1. The van der Waals surface area contributed by atoms with Gasteiger partial charge in [0.1, 0.15) is 11.6 Å². The molecule has 6 nitrogen and oxygen atoms in total. The number of ether oxygens (including phenoxy) is 1. The Morgan fingerprint density at radius 1 is 1.12 bits per heavy atom. The number of halogens is 1. The summed E-state index contributed by atoms with van der Waals surface area (Å²) in [6.45, 7) is 7.74. The molecule has 0 radical (unpaired) electrons. The second-order valence-electron chi connectivity index (χ2n) is 6.18. The van der Waals surface area contributed by atoms with E-state index < -0.39 is 5.60 Å². The molecular formula is C17H24FN3O3. The quantitative estimate of drug-likeness (QED) is 0.912. The average Bonchev–Trinajstić information content (AvgIpc) is 2.56. The molecule has 0 aromatic heterocycles. The number of benzene rings is 1. The van der Waals surface area contributed by atoms with Gasteiger partial charge in [-0.15, -0.1) is 0 Å². The first-order valence-electron chi connectivity index (χ1n) is 8.10. The van der Waals surface area contributed by atoms with Crippen LogP contribution in [0.3, 0.4) is 0 Å². The van der Waals surface area contributed by atoms with Gasteiger partial charge in [-0.25, -0.2) is 9.18 Å². The lowest BCUT2D eigenvalue weighted by Crippen LogP contribution is -2.57. The number of piperazine rings is 1. The highest BCUT2D eigenvalue weighted by molar-refractivity contribution is 5.85. The lowest BCUT2D eigenvalue weighted by Gasteiger charge is -2.38. The van der Waals surface area contributed by atoms with Crippen molar-refractivity contribution in [3.05, 3.63) is 30.1 Å². The van der Waals surface area contributed by atoms with Crippen molar-refractivity contribution in [2.45, 2.75) is 26.4 Å². The zero-order valence-electron chi connectivity index (χ0n) is 14.3. The Morgan fingerprint density at radius 2 is 1.67 bits per heavy atom. The number of carbonyl (C=O) groups excluding carboxylic acids is 2. The number of rotatable bonds is 4. The van der Waals surface area contributed by atoms with E-state index in [0.29, 0.717) is 38.5 Å². The molecule has 0 unspecified atom stereocenters. The van der Waals surface area contributed by atoms with Crippen molar-refractivity contribution in [1.82, 2.24) is 15.1 Å². The molecule has 1 N–H and O–H groups in total. The molecular weight excluding hydrogens is 313 g/mol. The fourth-order valence-corrected chi connectivity index (χ4v) is 2.60. The summed E-state index contributed by atoms with van der Waals surface area (Å²) in [5, 5.41) is 2.75. The smallest absolute Gasteiger partial charge is 0.317 e. The highest BCUT2D eigenvalue weighted by atomic mass is 19.1. The van der Waals surface area contributed by atoms with Crippen LogP contribution in [0.25, 0.3) is 0 Å². The normalized spacial score (nSPS) is 15.2. The van der Waals surface area contributed by atoms with Gasteiger partial charge in [-0.1, -0.05) is 0 Å². The average molecular weight is 337 g/mol. The zero-order chi connectivity index (χ0) is 17.7.